The topological polar surface area (TPSA) is 92.6 Å². The smallest absolute Gasteiger partial charge is 0.271 e. The van der Waals surface area contributed by atoms with Crippen molar-refractivity contribution in [2.24, 2.45) is 5.10 Å². The summed E-state index contributed by atoms with van der Waals surface area (Å²) in [7, 11) is -2.13. The van der Waals surface area contributed by atoms with Crippen LogP contribution in [0.15, 0.2) is 70.7 Å². The number of nitrogens with one attached hydrogen (secondary N) is 2. The minimum Gasteiger partial charge on any atom is -0.319 e. The van der Waals surface area contributed by atoms with Crippen LogP contribution in [-0.2, 0) is 10.0 Å². The van der Waals surface area contributed by atoms with Gasteiger partial charge < -0.3 is 4.57 Å². The molecule has 7 nitrogen and oxygen atoms in total. The Kier molecular flexibility index (Phi) is 6.19. The Labute approximate surface area is 176 Å². The Morgan fingerprint density at radius 1 is 0.867 bits per heavy atom. The molecular weight excluding hydrogens is 400 g/mol. The number of nitrogens with zero attached hydrogens (tertiary/aromatic N) is 2. The van der Waals surface area contributed by atoms with E-state index < -0.39 is 10.0 Å². The molecule has 0 radical (unpaired) electrons. The molecule has 0 aliphatic carbocycles. The average molecular weight is 425 g/mol. The predicted octanol–water partition coefficient (Wildman–Crippen LogP) is 3.16. The predicted molar refractivity (Wildman–Crippen MR) is 118 cm³/mol. The molecule has 2 N–H and O–H groups in total. The third-order valence-corrected chi connectivity index (χ3v) is 6.27. The SMILES string of the molecule is CNS(=O)(=O)c1ccc(/C(C)=N/NC(=O)c2ccc(-n3c(C)ccc3C)cc2)cc1. The van der Waals surface area contributed by atoms with Crippen molar-refractivity contribution in [2.75, 3.05) is 7.05 Å². The van der Waals surface area contributed by atoms with Crippen molar-refractivity contribution in [3.8, 4) is 5.69 Å². The lowest BCUT2D eigenvalue weighted by atomic mass is 10.1. The number of carbonyl (C=O) groups excluding carboxylic acids is 1. The maximum atomic E-state index is 12.4. The number of hydrogen-bond donors (Lipinski definition) is 2. The number of benzene rings is 2. The zero-order chi connectivity index (χ0) is 21.9. The van der Waals surface area contributed by atoms with E-state index in [1.54, 1.807) is 31.2 Å². The third kappa shape index (κ3) is 4.50. The van der Waals surface area contributed by atoms with E-state index in [4.69, 9.17) is 0 Å². The van der Waals surface area contributed by atoms with Crippen molar-refractivity contribution >= 4 is 21.6 Å². The van der Waals surface area contributed by atoms with E-state index in [0.717, 1.165) is 17.1 Å². The Bertz CT molecular complexity index is 1170. The van der Waals surface area contributed by atoms with Crippen LogP contribution in [0.5, 0.6) is 0 Å². The Morgan fingerprint density at radius 2 is 1.40 bits per heavy atom. The van der Waals surface area contributed by atoms with E-state index in [0.29, 0.717) is 16.8 Å². The highest BCUT2D eigenvalue weighted by atomic mass is 32.2. The van der Waals surface area contributed by atoms with Crippen molar-refractivity contribution in [1.29, 1.82) is 0 Å². The molecule has 1 amide bonds. The van der Waals surface area contributed by atoms with Crippen LogP contribution >= 0.6 is 0 Å². The number of amides is 1. The summed E-state index contributed by atoms with van der Waals surface area (Å²) in [5.41, 5.74) is 7.54. The van der Waals surface area contributed by atoms with Crippen LogP contribution in [0.3, 0.4) is 0 Å². The molecule has 0 saturated carbocycles. The second-order valence-electron chi connectivity index (χ2n) is 6.87. The molecule has 3 rings (SSSR count). The Hall–Kier alpha value is -3.23. The normalized spacial score (nSPS) is 12.1. The van der Waals surface area contributed by atoms with Gasteiger partial charge in [0, 0.05) is 22.6 Å². The second kappa shape index (κ2) is 8.64. The first kappa shape index (κ1) is 21.5. The monoisotopic (exact) mass is 424 g/mol. The lowest BCUT2D eigenvalue weighted by Gasteiger charge is -2.10. The Balaban J connectivity index is 1.71. The van der Waals surface area contributed by atoms with Crippen LogP contribution in [0.1, 0.15) is 34.2 Å². The summed E-state index contributed by atoms with van der Waals surface area (Å²) < 4.78 is 28.0. The number of hydrogen-bond acceptors (Lipinski definition) is 4. The zero-order valence-electron chi connectivity index (χ0n) is 17.3. The number of carbonyl (C=O) groups is 1. The van der Waals surface area contributed by atoms with Crippen LogP contribution in [0.25, 0.3) is 5.69 Å². The molecule has 3 aromatic rings. The van der Waals surface area contributed by atoms with Crippen LogP contribution < -0.4 is 10.1 Å². The molecule has 0 atom stereocenters. The maximum Gasteiger partial charge on any atom is 0.271 e. The van der Waals surface area contributed by atoms with Crippen molar-refractivity contribution in [3.05, 3.63) is 83.2 Å². The molecule has 0 unspecified atom stereocenters. The fourth-order valence-corrected chi connectivity index (χ4v) is 3.82. The maximum absolute atomic E-state index is 12.4. The van der Waals surface area contributed by atoms with Gasteiger partial charge in [0.2, 0.25) is 10.0 Å². The van der Waals surface area contributed by atoms with E-state index in [1.165, 1.54) is 19.2 Å². The van der Waals surface area contributed by atoms with Crippen molar-refractivity contribution in [1.82, 2.24) is 14.7 Å². The number of sulfonamides is 1. The van der Waals surface area contributed by atoms with Gasteiger partial charge in [-0.1, -0.05) is 12.1 Å². The van der Waals surface area contributed by atoms with Gasteiger partial charge in [0.25, 0.3) is 5.91 Å². The van der Waals surface area contributed by atoms with E-state index in [1.807, 2.05) is 38.1 Å². The van der Waals surface area contributed by atoms with Gasteiger partial charge >= 0.3 is 0 Å². The van der Waals surface area contributed by atoms with Gasteiger partial charge in [0.15, 0.2) is 0 Å². The van der Waals surface area contributed by atoms with E-state index in [2.05, 4.69) is 19.8 Å². The highest BCUT2D eigenvalue weighted by Crippen LogP contribution is 2.17. The van der Waals surface area contributed by atoms with Crippen LogP contribution in [0.2, 0.25) is 0 Å². The van der Waals surface area contributed by atoms with Crippen molar-refractivity contribution in [3.63, 3.8) is 0 Å². The molecule has 0 fully saturated rings. The molecule has 0 aliphatic heterocycles. The highest BCUT2D eigenvalue weighted by Gasteiger charge is 2.11. The standard InChI is InChI=1S/C22H24N4O3S/c1-15-5-6-16(2)26(15)20-11-7-19(8-12-20)22(27)25-24-17(3)18-9-13-21(14-10-18)30(28,29)23-4/h5-14,23H,1-4H3,(H,25,27)/b24-17+. The second-order valence-corrected chi connectivity index (χ2v) is 8.75. The molecule has 156 valence electrons. The van der Waals surface area contributed by atoms with Gasteiger partial charge in [-0.25, -0.2) is 18.6 Å². The summed E-state index contributed by atoms with van der Waals surface area (Å²) >= 11 is 0. The third-order valence-electron chi connectivity index (χ3n) is 4.84. The van der Waals surface area contributed by atoms with Crippen LogP contribution in [-0.4, -0.2) is 31.7 Å². The van der Waals surface area contributed by atoms with Gasteiger partial charge in [-0.2, -0.15) is 5.10 Å². The molecule has 0 bridgehead atoms. The molecule has 0 saturated heterocycles. The fraction of sp³-hybridized carbons (Fsp3) is 0.182. The molecule has 0 aliphatic rings. The summed E-state index contributed by atoms with van der Waals surface area (Å²) in [4.78, 5) is 12.6. The number of aromatic nitrogens is 1. The molecule has 1 aromatic heterocycles. The van der Waals surface area contributed by atoms with Gasteiger partial charge in [0.1, 0.15) is 0 Å². The first-order chi connectivity index (χ1) is 14.2. The first-order valence-electron chi connectivity index (χ1n) is 9.37. The number of hydrazone groups is 1. The molecular formula is C22H24N4O3S. The summed E-state index contributed by atoms with van der Waals surface area (Å²) in [6, 6.07) is 17.7. The summed E-state index contributed by atoms with van der Waals surface area (Å²) in [6.45, 7) is 5.81. The summed E-state index contributed by atoms with van der Waals surface area (Å²) in [5.74, 6) is -0.323. The lowest BCUT2D eigenvalue weighted by Crippen LogP contribution is -2.20. The minimum atomic E-state index is -3.49. The summed E-state index contributed by atoms with van der Waals surface area (Å²) in [5, 5.41) is 4.13. The van der Waals surface area contributed by atoms with E-state index >= 15 is 0 Å². The minimum absolute atomic E-state index is 0.166. The molecule has 0 spiro atoms. The number of aryl methyl sites for hydroxylation is 2. The van der Waals surface area contributed by atoms with Crippen molar-refractivity contribution in [2.45, 2.75) is 25.7 Å². The van der Waals surface area contributed by atoms with Gasteiger partial charge in [0.05, 0.1) is 10.6 Å². The van der Waals surface area contributed by atoms with Gasteiger partial charge in [-0.05, 0) is 81.9 Å². The van der Waals surface area contributed by atoms with Gasteiger partial charge in [-0.3, -0.25) is 4.79 Å². The molecule has 30 heavy (non-hydrogen) atoms. The fourth-order valence-electron chi connectivity index (χ4n) is 3.09. The first-order valence-corrected chi connectivity index (χ1v) is 10.9. The van der Waals surface area contributed by atoms with Crippen LogP contribution in [0, 0.1) is 13.8 Å². The van der Waals surface area contributed by atoms with Gasteiger partial charge in [-0.15, -0.1) is 0 Å². The van der Waals surface area contributed by atoms with Crippen molar-refractivity contribution < 1.29 is 13.2 Å². The molecule has 8 heteroatoms. The average Bonchev–Trinajstić information content (AvgIpc) is 3.10. The highest BCUT2D eigenvalue weighted by molar-refractivity contribution is 7.89. The van der Waals surface area contributed by atoms with Crippen LogP contribution in [0.4, 0.5) is 0 Å². The molecule has 1 heterocycles. The number of rotatable bonds is 6. The van der Waals surface area contributed by atoms with E-state index in [9.17, 15) is 13.2 Å². The lowest BCUT2D eigenvalue weighted by molar-refractivity contribution is 0.0955. The largest absolute Gasteiger partial charge is 0.319 e. The van der Waals surface area contributed by atoms with E-state index in [-0.39, 0.29) is 10.8 Å². The quantitative estimate of drug-likeness (QED) is 0.470. The molecule has 2 aromatic carbocycles. The summed E-state index contributed by atoms with van der Waals surface area (Å²) in [6.07, 6.45) is 0. The zero-order valence-corrected chi connectivity index (χ0v) is 18.1. The Morgan fingerprint density at radius 3 is 1.93 bits per heavy atom.